The average Bonchev–Trinajstić information content (AvgIpc) is 2.97. The van der Waals surface area contributed by atoms with Gasteiger partial charge in [0.05, 0.1) is 10.6 Å². The van der Waals surface area contributed by atoms with E-state index in [1.807, 2.05) is 0 Å². The van der Waals surface area contributed by atoms with Crippen molar-refractivity contribution in [3.05, 3.63) is 94.0 Å². The second-order valence-electron chi connectivity index (χ2n) is 10.3. The topological polar surface area (TPSA) is 86.8 Å². The second kappa shape index (κ2) is 13.7. The molecule has 10 heteroatoms. The van der Waals surface area contributed by atoms with E-state index in [0.717, 1.165) is 36.4 Å². The van der Waals surface area contributed by atoms with E-state index in [1.54, 1.807) is 74.5 Å². The summed E-state index contributed by atoms with van der Waals surface area (Å²) in [6, 6.07) is 19.1. The van der Waals surface area contributed by atoms with E-state index >= 15 is 0 Å². The van der Waals surface area contributed by atoms with Gasteiger partial charge in [-0.2, -0.15) is 0 Å². The fraction of sp³-hybridized carbons (Fsp3) is 0.355. The number of sulfonamides is 1. The Labute approximate surface area is 252 Å². The number of carbonyl (C=O) groups is 2. The Balaban J connectivity index is 1.71. The predicted octanol–water partition coefficient (Wildman–Crippen LogP) is 6.36. The van der Waals surface area contributed by atoms with Gasteiger partial charge in [-0.25, -0.2) is 8.42 Å². The molecule has 7 nitrogen and oxygen atoms in total. The van der Waals surface area contributed by atoms with Gasteiger partial charge in [0, 0.05) is 22.6 Å². The molecule has 1 N–H and O–H groups in total. The minimum Gasteiger partial charge on any atom is -0.352 e. The van der Waals surface area contributed by atoms with E-state index in [1.165, 1.54) is 17.0 Å². The van der Waals surface area contributed by atoms with Gasteiger partial charge < -0.3 is 10.2 Å². The number of nitrogens with zero attached hydrogens (tertiary/aromatic N) is 2. The lowest BCUT2D eigenvalue weighted by atomic mass is 9.95. The number of hydrogen-bond donors (Lipinski definition) is 1. The van der Waals surface area contributed by atoms with Crippen molar-refractivity contribution < 1.29 is 18.0 Å². The van der Waals surface area contributed by atoms with Gasteiger partial charge in [-0.1, -0.05) is 84.9 Å². The first kappa shape index (κ1) is 30.9. The number of hydrogen-bond acceptors (Lipinski definition) is 4. The van der Waals surface area contributed by atoms with Crippen molar-refractivity contribution in [2.45, 2.75) is 69.5 Å². The van der Waals surface area contributed by atoms with Crippen LogP contribution in [0.5, 0.6) is 0 Å². The zero-order valence-electron chi connectivity index (χ0n) is 23.2. The fourth-order valence-electron chi connectivity index (χ4n) is 5.06. The van der Waals surface area contributed by atoms with Gasteiger partial charge in [0.1, 0.15) is 12.6 Å². The standard InChI is InChI=1S/C31H35Cl2N3O4S/c1-22-27(32)18-11-19-29(22)36(41(39,40)26-15-7-4-8-16-26)21-30(37)35(20-24-12-9-10-17-28(24)33)23(2)31(38)34-25-13-5-3-6-14-25/h4,7-12,15-19,23,25H,3,5-6,13-14,20-21H2,1-2H3,(H,34,38). The molecule has 0 spiro atoms. The van der Waals surface area contributed by atoms with Crippen LogP contribution in [0.1, 0.15) is 50.2 Å². The molecule has 0 aliphatic heterocycles. The normalized spacial score (nSPS) is 14.7. The molecule has 1 saturated carbocycles. The maximum absolute atomic E-state index is 14.1. The molecule has 0 bridgehead atoms. The van der Waals surface area contributed by atoms with Crippen LogP contribution >= 0.6 is 23.2 Å². The lowest BCUT2D eigenvalue weighted by Crippen LogP contribution is -2.53. The van der Waals surface area contributed by atoms with E-state index in [-0.39, 0.29) is 29.1 Å². The molecule has 218 valence electrons. The summed E-state index contributed by atoms with van der Waals surface area (Å²) in [5.41, 5.74) is 1.45. The van der Waals surface area contributed by atoms with Crippen molar-refractivity contribution in [3.8, 4) is 0 Å². The van der Waals surface area contributed by atoms with Crippen LogP contribution in [0, 0.1) is 6.92 Å². The van der Waals surface area contributed by atoms with Crippen molar-refractivity contribution in [1.29, 1.82) is 0 Å². The highest BCUT2D eigenvalue weighted by Crippen LogP contribution is 2.31. The molecule has 1 aliphatic rings. The van der Waals surface area contributed by atoms with Gasteiger partial charge in [0.15, 0.2) is 0 Å². The third kappa shape index (κ3) is 7.42. The Bertz CT molecular complexity index is 1480. The number of carbonyl (C=O) groups excluding carboxylic acids is 2. The maximum atomic E-state index is 14.1. The molecule has 2 amide bonds. The first-order chi connectivity index (χ1) is 19.6. The highest BCUT2D eigenvalue weighted by Gasteiger charge is 2.34. The minimum absolute atomic E-state index is 0.0332. The summed E-state index contributed by atoms with van der Waals surface area (Å²) < 4.78 is 29.0. The Morgan fingerprint density at radius 2 is 1.54 bits per heavy atom. The van der Waals surface area contributed by atoms with Crippen molar-refractivity contribution in [2.75, 3.05) is 10.8 Å². The Hall–Kier alpha value is -3.07. The van der Waals surface area contributed by atoms with Crippen molar-refractivity contribution in [1.82, 2.24) is 10.2 Å². The third-order valence-corrected chi connectivity index (χ3v) is 10.1. The quantitative estimate of drug-likeness (QED) is 0.287. The van der Waals surface area contributed by atoms with Crippen LogP contribution in [-0.4, -0.2) is 43.8 Å². The van der Waals surface area contributed by atoms with Crippen molar-refractivity contribution in [2.24, 2.45) is 0 Å². The summed E-state index contributed by atoms with van der Waals surface area (Å²) in [7, 11) is -4.17. The molecule has 0 aromatic heterocycles. The van der Waals surface area contributed by atoms with Gasteiger partial charge in [0.25, 0.3) is 10.0 Å². The number of nitrogens with one attached hydrogen (secondary N) is 1. The Morgan fingerprint density at radius 1 is 0.902 bits per heavy atom. The first-order valence-corrected chi connectivity index (χ1v) is 16.0. The Kier molecular flexibility index (Phi) is 10.3. The molecular weight excluding hydrogens is 581 g/mol. The number of anilines is 1. The lowest BCUT2D eigenvalue weighted by molar-refractivity contribution is -0.139. The molecule has 1 unspecified atom stereocenters. The molecule has 0 radical (unpaired) electrons. The van der Waals surface area contributed by atoms with Gasteiger partial charge >= 0.3 is 0 Å². The van der Waals surface area contributed by atoms with Gasteiger partial charge in [-0.3, -0.25) is 13.9 Å². The monoisotopic (exact) mass is 615 g/mol. The predicted molar refractivity (Wildman–Crippen MR) is 164 cm³/mol. The largest absolute Gasteiger partial charge is 0.352 e. The molecule has 1 atom stereocenters. The minimum atomic E-state index is -4.17. The summed E-state index contributed by atoms with van der Waals surface area (Å²) in [6.07, 6.45) is 5.04. The SMILES string of the molecule is Cc1c(Cl)cccc1N(CC(=O)N(Cc1ccccc1Cl)C(C)C(=O)NC1CCCCC1)S(=O)(=O)c1ccccc1. The molecule has 0 saturated heterocycles. The molecule has 3 aromatic rings. The maximum Gasteiger partial charge on any atom is 0.264 e. The van der Waals surface area contributed by atoms with E-state index < -0.39 is 28.5 Å². The second-order valence-corrected chi connectivity index (χ2v) is 13.0. The van der Waals surface area contributed by atoms with Crippen molar-refractivity contribution in [3.63, 3.8) is 0 Å². The van der Waals surface area contributed by atoms with E-state index in [4.69, 9.17) is 23.2 Å². The van der Waals surface area contributed by atoms with Crippen LogP contribution in [0.4, 0.5) is 5.69 Å². The number of halogens is 2. The van der Waals surface area contributed by atoms with Crippen LogP contribution in [0.2, 0.25) is 10.0 Å². The number of rotatable bonds is 10. The van der Waals surface area contributed by atoms with Crippen LogP contribution in [0.3, 0.4) is 0 Å². The van der Waals surface area contributed by atoms with Crippen LogP contribution in [-0.2, 0) is 26.2 Å². The van der Waals surface area contributed by atoms with Gasteiger partial charge in [-0.05, 0) is 68.1 Å². The van der Waals surface area contributed by atoms with E-state index in [2.05, 4.69) is 5.32 Å². The molecular formula is C31H35Cl2N3O4S. The third-order valence-electron chi connectivity index (χ3n) is 7.54. The number of benzene rings is 3. The fourth-order valence-corrected chi connectivity index (χ4v) is 6.92. The highest BCUT2D eigenvalue weighted by atomic mass is 35.5. The van der Waals surface area contributed by atoms with Crippen molar-refractivity contribution >= 4 is 50.7 Å². The molecule has 1 fully saturated rings. The summed E-state index contributed by atoms with van der Waals surface area (Å²) in [5, 5.41) is 3.92. The Morgan fingerprint density at radius 3 is 2.22 bits per heavy atom. The lowest BCUT2D eigenvalue weighted by Gasteiger charge is -2.33. The zero-order chi connectivity index (χ0) is 29.6. The molecule has 3 aromatic carbocycles. The summed E-state index contributed by atoms with van der Waals surface area (Å²) in [5.74, 6) is -0.830. The van der Waals surface area contributed by atoms with Gasteiger partial charge in [-0.15, -0.1) is 0 Å². The first-order valence-electron chi connectivity index (χ1n) is 13.8. The molecule has 41 heavy (non-hydrogen) atoms. The zero-order valence-corrected chi connectivity index (χ0v) is 25.6. The number of amides is 2. The van der Waals surface area contributed by atoms with E-state index in [9.17, 15) is 18.0 Å². The smallest absolute Gasteiger partial charge is 0.264 e. The summed E-state index contributed by atoms with van der Waals surface area (Å²) in [6.45, 7) is 2.86. The van der Waals surface area contributed by atoms with E-state index in [0.29, 0.717) is 21.2 Å². The highest BCUT2D eigenvalue weighted by molar-refractivity contribution is 7.92. The summed E-state index contributed by atoms with van der Waals surface area (Å²) in [4.78, 5) is 29.0. The molecule has 1 aliphatic carbocycles. The van der Waals surface area contributed by atoms with Crippen LogP contribution < -0.4 is 9.62 Å². The van der Waals surface area contributed by atoms with Crippen LogP contribution in [0.15, 0.2) is 77.7 Å². The molecule has 4 rings (SSSR count). The van der Waals surface area contributed by atoms with Gasteiger partial charge in [0.2, 0.25) is 11.8 Å². The molecule has 0 heterocycles. The summed E-state index contributed by atoms with van der Waals surface area (Å²) >= 11 is 12.8. The average molecular weight is 617 g/mol. The van der Waals surface area contributed by atoms with Crippen LogP contribution in [0.25, 0.3) is 0 Å².